The number of ketones is 1. The molecule has 2 aliphatic carbocycles. The van der Waals surface area contributed by atoms with Gasteiger partial charge in [0.1, 0.15) is 12.6 Å². The molecule has 5 atom stereocenters. The highest BCUT2D eigenvalue weighted by atomic mass is 19.4. The highest BCUT2D eigenvalue weighted by Gasteiger charge is 2.69. The molecule has 2 heterocycles. The lowest BCUT2D eigenvalue weighted by Crippen LogP contribution is -2.58. The summed E-state index contributed by atoms with van der Waals surface area (Å²) in [5.74, 6) is -6.68. The van der Waals surface area contributed by atoms with E-state index in [1.54, 1.807) is 0 Å². The molecule has 2 saturated heterocycles. The van der Waals surface area contributed by atoms with Gasteiger partial charge >= 0.3 is 18.4 Å². The summed E-state index contributed by atoms with van der Waals surface area (Å²) < 4.78 is 78.8. The van der Waals surface area contributed by atoms with Gasteiger partial charge in [-0.05, 0) is 42.9 Å². The highest BCUT2D eigenvalue weighted by Crippen LogP contribution is 2.65. The second-order valence-corrected chi connectivity index (χ2v) is 11.5. The van der Waals surface area contributed by atoms with E-state index in [0.29, 0.717) is 13.0 Å². The zero-order valence-corrected chi connectivity index (χ0v) is 21.7. The van der Waals surface area contributed by atoms with Crippen LogP contribution in [0, 0.1) is 29.1 Å². The average Bonchev–Trinajstić information content (AvgIpc) is 3.16. The van der Waals surface area contributed by atoms with Crippen molar-refractivity contribution in [3.8, 4) is 0 Å². The summed E-state index contributed by atoms with van der Waals surface area (Å²) in [6.45, 7) is 2.90. The van der Waals surface area contributed by atoms with Gasteiger partial charge in [-0.2, -0.15) is 13.2 Å². The lowest BCUT2D eigenvalue weighted by atomic mass is 9.78. The molecule has 10 nitrogen and oxygen atoms in total. The van der Waals surface area contributed by atoms with Gasteiger partial charge < -0.3 is 20.9 Å². The van der Waals surface area contributed by atoms with Crippen LogP contribution in [0.2, 0.25) is 0 Å². The Morgan fingerprint density at radius 1 is 1.12 bits per heavy atom. The van der Waals surface area contributed by atoms with Gasteiger partial charge in [-0.1, -0.05) is 13.8 Å². The number of ether oxygens (including phenoxy) is 1. The fourth-order valence-electron chi connectivity index (χ4n) is 6.19. The minimum absolute atomic E-state index is 0.0447. The Hall–Kier alpha value is -2.91. The molecule has 0 spiro atoms. The van der Waals surface area contributed by atoms with Gasteiger partial charge in [0, 0.05) is 31.0 Å². The Labute approximate surface area is 224 Å². The number of nitrogens with zero attached hydrogens (tertiary/aromatic N) is 1. The summed E-state index contributed by atoms with van der Waals surface area (Å²) in [6, 6.07) is -3.39. The van der Waals surface area contributed by atoms with Crippen molar-refractivity contribution in [2.45, 2.75) is 70.2 Å². The molecule has 4 amide bonds. The van der Waals surface area contributed by atoms with E-state index in [9.17, 15) is 50.3 Å². The van der Waals surface area contributed by atoms with Crippen molar-refractivity contribution in [3.63, 3.8) is 0 Å². The van der Waals surface area contributed by atoms with Crippen molar-refractivity contribution in [2.75, 3.05) is 19.7 Å². The molecule has 0 aromatic rings. The van der Waals surface area contributed by atoms with E-state index in [-0.39, 0.29) is 43.1 Å². The average molecular weight is 585 g/mol. The van der Waals surface area contributed by atoms with Gasteiger partial charge in [-0.15, -0.1) is 13.2 Å². The number of piperidine rings is 1. The van der Waals surface area contributed by atoms with Gasteiger partial charge in [0.05, 0.1) is 6.04 Å². The number of carbonyl (C=O) groups excluding carboxylic acids is 5. The number of rotatable bonds is 9. The van der Waals surface area contributed by atoms with Crippen LogP contribution in [0.1, 0.15) is 39.5 Å². The van der Waals surface area contributed by atoms with E-state index in [1.165, 1.54) is 4.90 Å². The largest absolute Gasteiger partial charge is 0.522 e. The first kappa shape index (κ1) is 30.1. The smallest absolute Gasteiger partial charge is 0.356 e. The Morgan fingerprint density at radius 2 is 1.77 bits per heavy atom. The molecule has 4 fully saturated rings. The quantitative estimate of drug-likeness (QED) is 0.347. The van der Waals surface area contributed by atoms with Crippen molar-refractivity contribution >= 4 is 29.4 Å². The monoisotopic (exact) mass is 584 g/mol. The molecular weight excluding hydrogens is 554 g/mol. The molecule has 224 valence electrons. The molecule has 4 rings (SSSR count). The zero-order chi connectivity index (χ0) is 29.8. The van der Waals surface area contributed by atoms with Gasteiger partial charge in [0.15, 0.2) is 5.78 Å². The predicted molar refractivity (Wildman–Crippen MR) is 122 cm³/mol. The number of Topliss-reactive ketones (excluding diaryl/α,β-unsaturated/α-hetero) is 1. The fraction of sp³-hybridized carbons (Fsp3) is 0.792. The van der Waals surface area contributed by atoms with Crippen LogP contribution in [0.3, 0.4) is 0 Å². The van der Waals surface area contributed by atoms with Crippen LogP contribution in [0.25, 0.3) is 0 Å². The summed E-state index contributed by atoms with van der Waals surface area (Å²) in [7, 11) is 0. The number of likely N-dealkylation sites (tertiary alicyclic amines) is 1. The first-order valence-corrected chi connectivity index (χ1v) is 12.9. The maximum Gasteiger partial charge on any atom is 0.522 e. The summed E-state index contributed by atoms with van der Waals surface area (Å²) >= 11 is 0. The van der Waals surface area contributed by atoms with Crippen molar-refractivity contribution in [3.05, 3.63) is 0 Å². The Kier molecular flexibility index (Phi) is 7.88. The summed E-state index contributed by atoms with van der Waals surface area (Å²) in [4.78, 5) is 63.9. The van der Waals surface area contributed by atoms with E-state index < -0.39 is 78.5 Å². The number of carbonyl (C=O) groups is 5. The molecule has 2 aliphatic heterocycles. The second-order valence-electron chi connectivity index (χ2n) is 11.5. The third kappa shape index (κ3) is 6.20. The summed E-state index contributed by atoms with van der Waals surface area (Å²) in [5.41, 5.74) is -0.341. The van der Waals surface area contributed by atoms with Gasteiger partial charge in [-0.3, -0.25) is 28.7 Å². The summed E-state index contributed by atoms with van der Waals surface area (Å²) in [5, 5.41) is 6.83. The maximum atomic E-state index is 13.5. The van der Waals surface area contributed by atoms with Crippen LogP contribution in [-0.2, 0) is 28.7 Å². The third-order valence-electron chi connectivity index (χ3n) is 8.61. The Morgan fingerprint density at radius 3 is 2.33 bits per heavy atom. The molecule has 0 unspecified atom stereocenters. The number of fused-ring (bicyclic) bond motifs is 1. The van der Waals surface area contributed by atoms with E-state index in [4.69, 9.17) is 0 Å². The zero-order valence-electron chi connectivity index (χ0n) is 21.7. The van der Waals surface area contributed by atoms with Crippen molar-refractivity contribution in [1.29, 1.82) is 0 Å². The van der Waals surface area contributed by atoms with E-state index in [0.717, 1.165) is 0 Å². The molecule has 3 N–H and O–H groups in total. The van der Waals surface area contributed by atoms with Crippen LogP contribution in [0.15, 0.2) is 0 Å². The molecule has 40 heavy (non-hydrogen) atoms. The number of halogens is 6. The molecule has 0 aromatic carbocycles. The standard InChI is InChI=1S/C24H30F6N4O6/c1-22(2)13-8-34(20(38)11-5-12(6-11)32-21(39)23(25,26)27)17(16(13)22)19(37)33-14(7-10-3-4-31-18(10)36)15(35)9-40-24(28,29)30/h10-14,16-17H,3-9H2,1-2H3,(H,31,36)(H,32,39)(H,33,37)/t10-,11?,12?,13-,14-,16-,17-/m0/s1. The van der Waals surface area contributed by atoms with E-state index in [2.05, 4.69) is 15.4 Å². The van der Waals surface area contributed by atoms with Crippen molar-refractivity contribution < 1.29 is 55.1 Å². The van der Waals surface area contributed by atoms with Crippen molar-refractivity contribution in [2.24, 2.45) is 29.1 Å². The van der Waals surface area contributed by atoms with Gasteiger partial charge in [-0.25, -0.2) is 0 Å². The normalized spacial score (nSPS) is 31.5. The maximum absolute atomic E-state index is 13.5. The Bertz CT molecular complexity index is 1070. The molecule has 0 bridgehead atoms. The SMILES string of the molecule is CC1(C)[C@@H]2[C@@H](C(=O)N[C@@H](C[C@@H]3CCNC3=O)C(=O)COC(F)(F)F)N(C(=O)C3CC(NC(=O)C(F)(F)F)C3)C[C@@H]21. The van der Waals surface area contributed by atoms with Crippen LogP contribution in [0.5, 0.6) is 0 Å². The van der Waals surface area contributed by atoms with Crippen LogP contribution >= 0.6 is 0 Å². The van der Waals surface area contributed by atoms with Crippen LogP contribution in [0.4, 0.5) is 26.3 Å². The Balaban J connectivity index is 1.44. The predicted octanol–water partition coefficient (Wildman–Crippen LogP) is 1.04. The minimum atomic E-state index is -5.09. The number of alkyl halides is 6. The second kappa shape index (κ2) is 10.5. The molecule has 16 heteroatoms. The number of hydrogen-bond donors (Lipinski definition) is 3. The minimum Gasteiger partial charge on any atom is -0.356 e. The molecule has 4 aliphatic rings. The van der Waals surface area contributed by atoms with E-state index in [1.807, 2.05) is 19.2 Å². The molecular formula is C24H30F6N4O6. The number of amides is 4. The van der Waals surface area contributed by atoms with Gasteiger partial charge in [0.2, 0.25) is 17.7 Å². The third-order valence-corrected chi connectivity index (χ3v) is 8.61. The van der Waals surface area contributed by atoms with E-state index >= 15 is 0 Å². The topological polar surface area (TPSA) is 134 Å². The number of hydrogen-bond acceptors (Lipinski definition) is 6. The fourth-order valence-corrected chi connectivity index (χ4v) is 6.19. The van der Waals surface area contributed by atoms with Crippen molar-refractivity contribution in [1.82, 2.24) is 20.9 Å². The molecule has 2 saturated carbocycles. The summed E-state index contributed by atoms with van der Waals surface area (Å²) in [6.07, 6.45) is -10.2. The molecule has 0 aromatic heterocycles. The highest BCUT2D eigenvalue weighted by molar-refractivity contribution is 5.95. The number of nitrogens with one attached hydrogen (secondary N) is 3. The van der Waals surface area contributed by atoms with Crippen LogP contribution in [-0.4, -0.2) is 84.7 Å². The lowest BCUT2D eigenvalue weighted by Gasteiger charge is -2.40. The first-order chi connectivity index (χ1) is 18.4. The first-order valence-electron chi connectivity index (χ1n) is 12.9. The molecule has 0 radical (unpaired) electrons. The van der Waals surface area contributed by atoms with Crippen LogP contribution < -0.4 is 16.0 Å². The lowest BCUT2D eigenvalue weighted by molar-refractivity contribution is -0.321. The van der Waals surface area contributed by atoms with Gasteiger partial charge in [0.25, 0.3) is 0 Å².